The zero-order valence-corrected chi connectivity index (χ0v) is 10.5. The summed E-state index contributed by atoms with van der Waals surface area (Å²) in [6.07, 6.45) is 2.85. The van der Waals surface area contributed by atoms with Crippen LogP contribution in [0, 0.1) is 5.41 Å². The summed E-state index contributed by atoms with van der Waals surface area (Å²) >= 11 is 0. The van der Waals surface area contributed by atoms with Crippen molar-refractivity contribution >= 4 is 18.2 Å². The van der Waals surface area contributed by atoms with E-state index < -0.39 is 6.04 Å². The Morgan fingerprint density at radius 1 is 1.37 bits per heavy atom. The molecule has 1 aromatic rings. The smallest absolute Gasteiger partial charge is 0.251 e. The maximum atomic E-state index is 11.8. The number of nitrogens with two attached hydrogens (primary N) is 1. The number of guanidine groups is 1. The molecule has 1 unspecified atom stereocenters. The van der Waals surface area contributed by atoms with E-state index in [9.17, 15) is 9.59 Å². The van der Waals surface area contributed by atoms with Gasteiger partial charge >= 0.3 is 0 Å². The van der Waals surface area contributed by atoms with Gasteiger partial charge in [-0.1, -0.05) is 18.2 Å². The van der Waals surface area contributed by atoms with E-state index in [2.05, 4.69) is 10.6 Å². The van der Waals surface area contributed by atoms with Gasteiger partial charge in [0.15, 0.2) is 5.96 Å². The van der Waals surface area contributed by atoms with Crippen LogP contribution in [0.15, 0.2) is 30.3 Å². The Morgan fingerprint density at radius 2 is 2.05 bits per heavy atom. The van der Waals surface area contributed by atoms with Crippen molar-refractivity contribution in [3.63, 3.8) is 0 Å². The summed E-state index contributed by atoms with van der Waals surface area (Å²) in [6.45, 7) is 0.481. The number of rotatable bonds is 7. The van der Waals surface area contributed by atoms with Gasteiger partial charge in [-0.3, -0.25) is 15.0 Å². The van der Waals surface area contributed by atoms with E-state index in [1.807, 2.05) is 6.07 Å². The van der Waals surface area contributed by atoms with E-state index in [0.717, 1.165) is 0 Å². The minimum absolute atomic E-state index is 0.111. The lowest BCUT2D eigenvalue weighted by Gasteiger charge is -2.12. The van der Waals surface area contributed by atoms with E-state index in [1.54, 1.807) is 30.6 Å². The van der Waals surface area contributed by atoms with E-state index in [1.165, 1.54) is 0 Å². The van der Waals surface area contributed by atoms with Crippen LogP contribution in [0.25, 0.3) is 0 Å². The van der Waals surface area contributed by atoms with Crippen molar-refractivity contribution in [2.24, 2.45) is 5.73 Å². The highest BCUT2D eigenvalue weighted by molar-refractivity contribution is 5.95. The molecule has 0 saturated heterocycles. The highest BCUT2D eigenvalue weighted by Gasteiger charge is 2.13. The Bertz CT molecular complexity index is 434. The summed E-state index contributed by atoms with van der Waals surface area (Å²) in [5.74, 6) is -0.409. The van der Waals surface area contributed by atoms with E-state index >= 15 is 0 Å². The van der Waals surface area contributed by atoms with E-state index in [0.29, 0.717) is 24.9 Å². The predicted octanol–water partition coefficient (Wildman–Crippen LogP) is 0.158. The van der Waals surface area contributed by atoms with E-state index in [-0.39, 0.29) is 11.9 Å². The van der Waals surface area contributed by atoms with Gasteiger partial charge in [0.1, 0.15) is 0 Å². The van der Waals surface area contributed by atoms with Crippen molar-refractivity contribution in [3.05, 3.63) is 35.9 Å². The summed E-state index contributed by atoms with van der Waals surface area (Å²) in [7, 11) is 0. The van der Waals surface area contributed by atoms with Gasteiger partial charge in [-0.05, 0) is 25.0 Å². The molecule has 0 aromatic heterocycles. The van der Waals surface area contributed by atoms with Crippen molar-refractivity contribution in [2.75, 3.05) is 6.54 Å². The Morgan fingerprint density at radius 3 is 2.63 bits per heavy atom. The van der Waals surface area contributed by atoms with Crippen LogP contribution < -0.4 is 16.4 Å². The van der Waals surface area contributed by atoms with Crippen LogP contribution in [0.2, 0.25) is 0 Å². The first kappa shape index (κ1) is 14.7. The largest absolute Gasteiger partial charge is 0.370 e. The topological polar surface area (TPSA) is 108 Å². The third-order valence-electron chi connectivity index (χ3n) is 2.47. The van der Waals surface area contributed by atoms with Crippen LogP contribution in [0.1, 0.15) is 23.2 Å². The van der Waals surface area contributed by atoms with Gasteiger partial charge in [-0.2, -0.15) is 0 Å². The number of carbonyl (C=O) groups is 1. The van der Waals surface area contributed by atoms with Crippen molar-refractivity contribution in [1.29, 1.82) is 5.41 Å². The predicted molar refractivity (Wildman–Crippen MR) is 72.5 cm³/mol. The quantitative estimate of drug-likeness (QED) is 0.318. The Hall–Kier alpha value is -2.37. The standard InChI is InChI=1S/C13H17N4O2/c14-13(15)16-8-4-7-11(9-18)17-12(19)10-5-2-1-3-6-10/h1-3,5-6,11H,4,7-8H2,(H,17,19)(H4,14,15,16). The molecule has 101 valence electrons. The second-order valence-corrected chi connectivity index (χ2v) is 3.99. The van der Waals surface area contributed by atoms with Gasteiger partial charge in [-0.15, -0.1) is 0 Å². The molecular formula is C13H17N4O2. The first-order valence-corrected chi connectivity index (χ1v) is 5.95. The zero-order chi connectivity index (χ0) is 14.1. The second-order valence-electron chi connectivity index (χ2n) is 3.99. The summed E-state index contributed by atoms with van der Waals surface area (Å²) in [5, 5.41) is 12.2. The van der Waals surface area contributed by atoms with Crippen molar-refractivity contribution in [2.45, 2.75) is 18.9 Å². The molecule has 1 radical (unpaired) electrons. The third kappa shape index (κ3) is 5.67. The summed E-state index contributed by atoms with van der Waals surface area (Å²) in [4.78, 5) is 22.6. The van der Waals surface area contributed by atoms with Crippen LogP contribution in [-0.4, -0.2) is 30.7 Å². The van der Waals surface area contributed by atoms with Crippen LogP contribution in [0.5, 0.6) is 0 Å². The Labute approximate surface area is 111 Å². The van der Waals surface area contributed by atoms with Crippen LogP contribution in [0.4, 0.5) is 0 Å². The SMILES string of the molecule is N=C(N)NCCCC([C]=O)NC(=O)c1ccccc1. The van der Waals surface area contributed by atoms with Crippen LogP contribution in [0.3, 0.4) is 0 Å². The molecule has 6 nitrogen and oxygen atoms in total. The fourth-order valence-electron chi connectivity index (χ4n) is 1.52. The number of hydrogen-bond acceptors (Lipinski definition) is 3. The summed E-state index contributed by atoms with van der Waals surface area (Å²) in [5.41, 5.74) is 5.63. The number of hydrogen-bond donors (Lipinski definition) is 4. The maximum absolute atomic E-state index is 11.8. The molecule has 1 amide bonds. The van der Waals surface area contributed by atoms with Gasteiger partial charge < -0.3 is 16.4 Å². The van der Waals surface area contributed by atoms with Crippen molar-refractivity contribution in [1.82, 2.24) is 10.6 Å². The Balaban J connectivity index is 2.38. The lowest BCUT2D eigenvalue weighted by Crippen LogP contribution is -2.37. The molecule has 0 heterocycles. The average Bonchev–Trinajstić information content (AvgIpc) is 2.42. The van der Waals surface area contributed by atoms with Crippen molar-refractivity contribution < 1.29 is 9.59 Å². The molecule has 0 aliphatic heterocycles. The molecule has 0 saturated carbocycles. The summed E-state index contributed by atoms with van der Waals surface area (Å²) in [6, 6.07) is 8.02. The third-order valence-corrected chi connectivity index (χ3v) is 2.47. The van der Waals surface area contributed by atoms with Gasteiger partial charge in [0.05, 0.1) is 6.04 Å². The molecule has 0 fully saturated rings. The van der Waals surface area contributed by atoms with Gasteiger partial charge in [-0.25, -0.2) is 0 Å². The first-order valence-electron chi connectivity index (χ1n) is 5.95. The molecule has 1 atom stereocenters. The molecule has 19 heavy (non-hydrogen) atoms. The number of benzene rings is 1. The first-order chi connectivity index (χ1) is 9.13. The monoisotopic (exact) mass is 261 g/mol. The van der Waals surface area contributed by atoms with Crippen LogP contribution >= 0.6 is 0 Å². The minimum atomic E-state index is -0.651. The molecule has 6 heteroatoms. The lowest BCUT2D eigenvalue weighted by molar-refractivity contribution is 0.0944. The highest BCUT2D eigenvalue weighted by Crippen LogP contribution is 2.00. The molecule has 0 spiro atoms. The number of carbonyl (C=O) groups excluding carboxylic acids is 2. The number of nitrogens with one attached hydrogen (secondary N) is 3. The normalized spacial score (nSPS) is 11.4. The molecule has 5 N–H and O–H groups in total. The number of amides is 1. The molecule has 0 aliphatic rings. The highest BCUT2D eigenvalue weighted by atomic mass is 16.2. The molecule has 1 aromatic carbocycles. The van der Waals surface area contributed by atoms with Gasteiger partial charge in [0, 0.05) is 12.1 Å². The fourth-order valence-corrected chi connectivity index (χ4v) is 1.52. The lowest BCUT2D eigenvalue weighted by atomic mass is 10.1. The van der Waals surface area contributed by atoms with Crippen molar-refractivity contribution in [3.8, 4) is 0 Å². The average molecular weight is 261 g/mol. The van der Waals surface area contributed by atoms with Gasteiger partial charge in [0.25, 0.3) is 5.91 Å². The second kappa shape index (κ2) is 7.86. The Kier molecular flexibility index (Phi) is 6.08. The molecule has 0 bridgehead atoms. The van der Waals surface area contributed by atoms with Crippen LogP contribution in [-0.2, 0) is 4.79 Å². The summed E-state index contributed by atoms with van der Waals surface area (Å²) < 4.78 is 0. The van der Waals surface area contributed by atoms with E-state index in [4.69, 9.17) is 11.1 Å². The van der Waals surface area contributed by atoms with Gasteiger partial charge in [0.2, 0.25) is 6.29 Å². The molecular weight excluding hydrogens is 244 g/mol. The zero-order valence-electron chi connectivity index (χ0n) is 10.5. The maximum Gasteiger partial charge on any atom is 0.251 e. The fraction of sp³-hybridized carbons (Fsp3) is 0.308. The molecule has 1 rings (SSSR count). The minimum Gasteiger partial charge on any atom is -0.370 e. The molecule has 0 aliphatic carbocycles.